The molecule has 0 bridgehead atoms. The van der Waals surface area contributed by atoms with Crippen LogP contribution in [0.25, 0.3) is 0 Å². The molecule has 24 heavy (non-hydrogen) atoms. The van der Waals surface area contributed by atoms with Crippen LogP contribution >= 0.6 is 0 Å². The molecular weight excluding hydrogens is 302 g/mol. The molecule has 4 nitrogen and oxygen atoms in total. The Kier molecular flexibility index (Phi) is 4.74. The Labute approximate surface area is 142 Å². The number of carbonyl (C=O) groups excluding carboxylic acids is 1. The third-order valence-electron chi connectivity index (χ3n) is 4.70. The van der Waals surface area contributed by atoms with Crippen molar-refractivity contribution < 1.29 is 14.3 Å². The predicted octanol–water partition coefficient (Wildman–Crippen LogP) is 3.09. The van der Waals surface area contributed by atoms with Gasteiger partial charge in [-0.3, -0.25) is 4.79 Å². The lowest BCUT2D eigenvalue weighted by Crippen LogP contribution is -2.33. The van der Waals surface area contributed by atoms with E-state index in [4.69, 9.17) is 9.47 Å². The summed E-state index contributed by atoms with van der Waals surface area (Å²) in [4.78, 5) is 12.2. The Morgan fingerprint density at radius 3 is 2.00 bits per heavy atom. The van der Waals surface area contributed by atoms with Crippen molar-refractivity contribution >= 4 is 5.91 Å². The van der Waals surface area contributed by atoms with Crippen LogP contribution < -0.4 is 14.8 Å². The number of rotatable bonds is 7. The summed E-state index contributed by atoms with van der Waals surface area (Å²) >= 11 is 0. The number of nitrogens with one attached hydrogen (secondary N) is 1. The van der Waals surface area contributed by atoms with Crippen molar-refractivity contribution in [2.45, 2.75) is 24.7 Å². The summed E-state index contributed by atoms with van der Waals surface area (Å²) < 4.78 is 10.3. The van der Waals surface area contributed by atoms with E-state index in [2.05, 4.69) is 17.4 Å². The minimum absolute atomic E-state index is 0.0555. The lowest BCUT2D eigenvalue weighted by atomic mass is 9.95. The fourth-order valence-electron chi connectivity index (χ4n) is 2.92. The standard InChI is InChI=1S/C20H23NO3/c1-23-17-7-3-15(4-8-17)13-19(22)21-14-20(11-12-20)16-5-9-18(24-2)10-6-16/h3-10H,11-14H2,1-2H3,(H,21,22). The lowest BCUT2D eigenvalue weighted by Gasteiger charge is -2.17. The predicted molar refractivity (Wildman–Crippen MR) is 93.6 cm³/mol. The highest BCUT2D eigenvalue weighted by molar-refractivity contribution is 5.78. The van der Waals surface area contributed by atoms with Crippen molar-refractivity contribution in [2.24, 2.45) is 0 Å². The van der Waals surface area contributed by atoms with Gasteiger partial charge in [0.05, 0.1) is 20.6 Å². The van der Waals surface area contributed by atoms with Crippen molar-refractivity contribution in [3.8, 4) is 11.5 Å². The molecule has 2 aromatic carbocycles. The molecule has 0 saturated heterocycles. The van der Waals surface area contributed by atoms with Crippen LogP contribution in [0.5, 0.6) is 11.5 Å². The van der Waals surface area contributed by atoms with Gasteiger partial charge in [-0.05, 0) is 48.2 Å². The number of hydrogen-bond acceptors (Lipinski definition) is 3. The first-order valence-electron chi connectivity index (χ1n) is 8.19. The van der Waals surface area contributed by atoms with E-state index >= 15 is 0 Å². The van der Waals surface area contributed by atoms with Crippen LogP contribution in [0.2, 0.25) is 0 Å². The zero-order valence-electron chi connectivity index (χ0n) is 14.2. The molecule has 0 atom stereocenters. The lowest BCUT2D eigenvalue weighted by molar-refractivity contribution is -0.120. The summed E-state index contributed by atoms with van der Waals surface area (Å²) in [7, 11) is 3.30. The van der Waals surface area contributed by atoms with Crippen LogP contribution in [0.4, 0.5) is 0 Å². The summed E-state index contributed by atoms with van der Waals surface area (Å²) in [6.07, 6.45) is 2.62. The Morgan fingerprint density at radius 2 is 1.50 bits per heavy atom. The maximum absolute atomic E-state index is 12.2. The Bertz CT molecular complexity index is 688. The molecule has 0 radical (unpaired) electrons. The van der Waals surface area contributed by atoms with Gasteiger partial charge in [-0.15, -0.1) is 0 Å². The first-order chi connectivity index (χ1) is 11.6. The highest BCUT2D eigenvalue weighted by atomic mass is 16.5. The molecule has 1 aliphatic carbocycles. The molecule has 1 fully saturated rings. The third kappa shape index (κ3) is 3.70. The van der Waals surface area contributed by atoms with Gasteiger partial charge in [0.1, 0.15) is 11.5 Å². The van der Waals surface area contributed by atoms with Crippen molar-refractivity contribution in [1.29, 1.82) is 0 Å². The van der Waals surface area contributed by atoms with Gasteiger partial charge in [0.2, 0.25) is 5.91 Å². The molecule has 1 saturated carbocycles. The number of amides is 1. The van der Waals surface area contributed by atoms with E-state index in [1.54, 1.807) is 14.2 Å². The zero-order chi connectivity index (χ0) is 17.0. The Morgan fingerprint density at radius 1 is 0.958 bits per heavy atom. The highest BCUT2D eigenvalue weighted by Crippen LogP contribution is 2.47. The average Bonchev–Trinajstić information content (AvgIpc) is 3.42. The SMILES string of the molecule is COc1ccc(CC(=O)NCC2(c3ccc(OC)cc3)CC2)cc1. The number of carbonyl (C=O) groups is 1. The van der Waals surface area contributed by atoms with Crippen molar-refractivity contribution in [2.75, 3.05) is 20.8 Å². The van der Waals surface area contributed by atoms with Gasteiger partial charge in [0, 0.05) is 12.0 Å². The second-order valence-electron chi connectivity index (χ2n) is 6.31. The largest absolute Gasteiger partial charge is 0.497 e. The van der Waals surface area contributed by atoms with Gasteiger partial charge in [0.25, 0.3) is 0 Å². The normalized spacial score (nSPS) is 14.8. The van der Waals surface area contributed by atoms with Crippen molar-refractivity contribution in [3.05, 3.63) is 59.7 Å². The van der Waals surface area contributed by atoms with E-state index in [-0.39, 0.29) is 11.3 Å². The zero-order valence-corrected chi connectivity index (χ0v) is 14.2. The topological polar surface area (TPSA) is 47.6 Å². The van der Waals surface area contributed by atoms with Gasteiger partial charge in [-0.2, -0.15) is 0 Å². The fraction of sp³-hybridized carbons (Fsp3) is 0.350. The summed E-state index contributed by atoms with van der Waals surface area (Å²) in [5, 5.41) is 3.09. The molecule has 1 aliphatic rings. The van der Waals surface area contributed by atoms with Crippen LogP contribution in [0, 0.1) is 0 Å². The van der Waals surface area contributed by atoms with Crippen LogP contribution in [0.3, 0.4) is 0 Å². The molecule has 0 spiro atoms. The number of benzene rings is 2. The van der Waals surface area contributed by atoms with Crippen molar-refractivity contribution in [1.82, 2.24) is 5.32 Å². The molecule has 0 aliphatic heterocycles. The first-order valence-corrected chi connectivity index (χ1v) is 8.19. The molecule has 126 valence electrons. The van der Waals surface area contributed by atoms with Gasteiger partial charge < -0.3 is 14.8 Å². The van der Waals surface area contributed by atoms with E-state index in [1.807, 2.05) is 36.4 Å². The summed E-state index contributed by atoms with van der Waals surface area (Å²) in [5.41, 5.74) is 2.36. The van der Waals surface area contributed by atoms with Gasteiger partial charge in [-0.25, -0.2) is 0 Å². The molecule has 4 heteroatoms. The third-order valence-corrected chi connectivity index (χ3v) is 4.70. The van der Waals surface area contributed by atoms with Gasteiger partial charge in [0.15, 0.2) is 0 Å². The quantitative estimate of drug-likeness (QED) is 0.851. The molecule has 0 heterocycles. The summed E-state index contributed by atoms with van der Waals surface area (Å²) in [6, 6.07) is 15.8. The van der Waals surface area contributed by atoms with E-state index < -0.39 is 0 Å². The van der Waals surface area contributed by atoms with Crippen LogP contribution in [0.1, 0.15) is 24.0 Å². The summed E-state index contributed by atoms with van der Waals surface area (Å²) in [5.74, 6) is 1.72. The van der Waals surface area contributed by atoms with E-state index in [1.165, 1.54) is 5.56 Å². The van der Waals surface area contributed by atoms with Crippen LogP contribution in [0.15, 0.2) is 48.5 Å². The first kappa shape index (κ1) is 16.4. The van der Waals surface area contributed by atoms with Crippen molar-refractivity contribution in [3.63, 3.8) is 0 Å². The van der Waals surface area contributed by atoms with Gasteiger partial charge in [-0.1, -0.05) is 24.3 Å². The van der Waals surface area contributed by atoms with Gasteiger partial charge >= 0.3 is 0 Å². The maximum atomic E-state index is 12.2. The van der Waals surface area contributed by atoms with Crippen LogP contribution in [-0.2, 0) is 16.6 Å². The maximum Gasteiger partial charge on any atom is 0.224 e. The second-order valence-corrected chi connectivity index (χ2v) is 6.31. The fourth-order valence-corrected chi connectivity index (χ4v) is 2.92. The molecule has 3 rings (SSSR count). The molecule has 2 aromatic rings. The number of hydrogen-bond donors (Lipinski definition) is 1. The minimum Gasteiger partial charge on any atom is -0.497 e. The number of methoxy groups -OCH3 is 2. The second kappa shape index (κ2) is 6.95. The summed E-state index contributed by atoms with van der Waals surface area (Å²) in [6.45, 7) is 0.689. The van der Waals surface area contributed by atoms with E-state index in [0.29, 0.717) is 13.0 Å². The van der Waals surface area contributed by atoms with E-state index in [9.17, 15) is 4.79 Å². The molecule has 1 N–H and O–H groups in total. The molecule has 0 unspecified atom stereocenters. The molecular formula is C20H23NO3. The smallest absolute Gasteiger partial charge is 0.224 e. The molecule has 1 amide bonds. The van der Waals surface area contributed by atoms with Crippen LogP contribution in [-0.4, -0.2) is 26.7 Å². The van der Waals surface area contributed by atoms with E-state index in [0.717, 1.165) is 29.9 Å². The highest BCUT2D eigenvalue weighted by Gasteiger charge is 2.44. The Hall–Kier alpha value is -2.49. The average molecular weight is 325 g/mol. The molecule has 0 aromatic heterocycles. The minimum atomic E-state index is 0.0555. The monoisotopic (exact) mass is 325 g/mol. The Balaban J connectivity index is 1.55. The number of ether oxygens (including phenoxy) is 2.